The molecule has 1 spiro atoms. The van der Waals surface area contributed by atoms with Crippen molar-refractivity contribution in [2.75, 3.05) is 19.7 Å². The van der Waals surface area contributed by atoms with E-state index in [1.165, 1.54) is 6.20 Å². The highest BCUT2D eigenvalue weighted by Gasteiger charge is 2.46. The van der Waals surface area contributed by atoms with Gasteiger partial charge in [0.25, 0.3) is 0 Å². The van der Waals surface area contributed by atoms with Crippen LogP contribution >= 0.6 is 0 Å². The van der Waals surface area contributed by atoms with Gasteiger partial charge >= 0.3 is 0 Å². The lowest BCUT2D eigenvalue weighted by Crippen LogP contribution is -2.33. The van der Waals surface area contributed by atoms with Crippen LogP contribution in [-0.4, -0.2) is 46.3 Å². The first kappa shape index (κ1) is 15.5. The summed E-state index contributed by atoms with van der Waals surface area (Å²) in [6.07, 6.45) is 8.21. The molecule has 2 atom stereocenters. The Morgan fingerprint density at radius 1 is 1.29 bits per heavy atom. The lowest BCUT2D eigenvalue weighted by atomic mass is 9.98. The zero-order valence-electron chi connectivity index (χ0n) is 13.4. The second-order valence-corrected chi connectivity index (χ2v) is 6.55. The van der Waals surface area contributed by atoms with Crippen molar-refractivity contribution in [2.24, 2.45) is 0 Å². The normalized spacial score (nSPS) is 27.0. The molecule has 6 heteroatoms. The Morgan fingerprint density at radius 3 is 3.04 bits per heavy atom. The van der Waals surface area contributed by atoms with Gasteiger partial charge in [-0.15, -0.1) is 0 Å². The summed E-state index contributed by atoms with van der Waals surface area (Å²) in [6.45, 7) is 2.89. The van der Waals surface area contributed by atoms with Crippen LogP contribution in [-0.2, 0) is 11.3 Å². The van der Waals surface area contributed by atoms with Crippen LogP contribution in [0.5, 0.6) is 5.75 Å². The van der Waals surface area contributed by atoms with E-state index in [2.05, 4.69) is 14.9 Å². The summed E-state index contributed by atoms with van der Waals surface area (Å²) >= 11 is 0. The van der Waals surface area contributed by atoms with Gasteiger partial charge in [-0.25, -0.2) is 4.39 Å². The lowest BCUT2D eigenvalue weighted by Gasteiger charge is -2.23. The molecule has 2 aliphatic heterocycles. The summed E-state index contributed by atoms with van der Waals surface area (Å²) in [5.74, 6) is 0.528. The quantitative estimate of drug-likeness (QED) is 0.862. The number of hydrogen-bond donors (Lipinski definition) is 0. The molecular weight excluding hydrogens is 309 g/mol. The third-order valence-corrected chi connectivity index (χ3v) is 4.76. The molecule has 4 heterocycles. The molecule has 5 nitrogen and oxygen atoms in total. The molecule has 0 aromatic carbocycles. The van der Waals surface area contributed by atoms with E-state index in [-0.39, 0.29) is 17.5 Å². The fourth-order valence-corrected chi connectivity index (χ4v) is 3.61. The van der Waals surface area contributed by atoms with Gasteiger partial charge in [0.15, 0.2) is 0 Å². The van der Waals surface area contributed by atoms with Crippen LogP contribution in [0.15, 0.2) is 43.0 Å². The fourth-order valence-electron chi connectivity index (χ4n) is 3.61. The molecule has 0 bridgehead atoms. The molecule has 0 N–H and O–H groups in total. The Kier molecular flexibility index (Phi) is 4.16. The summed E-state index contributed by atoms with van der Waals surface area (Å²) in [5.41, 5.74) is 0.513. The van der Waals surface area contributed by atoms with Gasteiger partial charge in [-0.2, -0.15) is 0 Å². The molecule has 2 saturated heterocycles. The van der Waals surface area contributed by atoms with Crippen molar-refractivity contribution in [1.82, 2.24) is 14.9 Å². The molecule has 0 amide bonds. The Morgan fingerprint density at radius 2 is 2.21 bits per heavy atom. The maximum absolute atomic E-state index is 13.8. The predicted octanol–water partition coefficient (Wildman–Crippen LogP) is 2.43. The second kappa shape index (κ2) is 6.45. The van der Waals surface area contributed by atoms with Crippen LogP contribution in [0.4, 0.5) is 4.39 Å². The van der Waals surface area contributed by atoms with Crippen molar-refractivity contribution >= 4 is 0 Å². The number of likely N-dealkylation sites (tertiary alicyclic amines) is 1. The fraction of sp³-hybridized carbons (Fsp3) is 0.444. The van der Waals surface area contributed by atoms with Gasteiger partial charge in [0.1, 0.15) is 17.7 Å². The summed E-state index contributed by atoms with van der Waals surface area (Å²) in [5, 5.41) is 0. The van der Waals surface area contributed by atoms with Gasteiger partial charge in [-0.05, 0) is 24.6 Å². The maximum atomic E-state index is 13.8. The molecule has 24 heavy (non-hydrogen) atoms. The zero-order valence-corrected chi connectivity index (χ0v) is 13.4. The van der Waals surface area contributed by atoms with Crippen LogP contribution < -0.4 is 4.74 Å². The molecule has 4 rings (SSSR count). The summed E-state index contributed by atoms with van der Waals surface area (Å²) in [4.78, 5) is 10.1. The Bertz CT molecular complexity index is 700. The number of nitrogens with zero attached hydrogens (tertiary/aromatic N) is 3. The zero-order chi connectivity index (χ0) is 16.4. The van der Waals surface area contributed by atoms with E-state index in [1.54, 1.807) is 24.7 Å². The molecule has 2 fully saturated rings. The van der Waals surface area contributed by atoms with Gasteiger partial charge in [0, 0.05) is 44.0 Å². The van der Waals surface area contributed by atoms with Gasteiger partial charge in [-0.3, -0.25) is 14.9 Å². The molecule has 0 saturated carbocycles. The van der Waals surface area contributed by atoms with Crippen LogP contribution in [0, 0.1) is 5.82 Å². The average molecular weight is 329 g/mol. The average Bonchev–Trinajstić information content (AvgIpc) is 3.17. The highest BCUT2D eigenvalue weighted by Crippen LogP contribution is 2.37. The largest absolute Gasteiger partial charge is 0.486 e. The highest BCUT2D eigenvalue weighted by atomic mass is 19.1. The number of ether oxygens (including phenoxy) is 2. The first-order valence-electron chi connectivity index (χ1n) is 8.24. The SMILES string of the molecule is Fc1cnccc1CN1CCC2(CC(Oc3cccnc3)CO2)C1. The molecular formula is C18H20FN3O2. The van der Waals surface area contributed by atoms with E-state index in [9.17, 15) is 4.39 Å². The minimum Gasteiger partial charge on any atom is -0.486 e. The van der Waals surface area contributed by atoms with Gasteiger partial charge in [0.05, 0.1) is 24.6 Å². The standard InChI is InChI=1S/C18H20FN3O2/c19-17-10-21-6-3-14(17)11-22-7-4-18(13-22)8-16(12-23-18)24-15-2-1-5-20-9-15/h1-3,5-6,9-10,16H,4,7-8,11-13H2. The molecule has 0 aliphatic carbocycles. The van der Waals surface area contributed by atoms with Crippen molar-refractivity contribution in [1.29, 1.82) is 0 Å². The van der Waals surface area contributed by atoms with E-state index in [4.69, 9.17) is 9.47 Å². The van der Waals surface area contributed by atoms with E-state index in [0.717, 1.165) is 31.7 Å². The Hall–Kier alpha value is -2.05. The van der Waals surface area contributed by atoms with Crippen molar-refractivity contribution in [2.45, 2.75) is 31.1 Å². The van der Waals surface area contributed by atoms with E-state index >= 15 is 0 Å². The summed E-state index contributed by atoms with van der Waals surface area (Å²) < 4.78 is 25.8. The highest BCUT2D eigenvalue weighted by molar-refractivity contribution is 5.17. The second-order valence-electron chi connectivity index (χ2n) is 6.55. The first-order chi connectivity index (χ1) is 11.7. The van der Waals surface area contributed by atoms with Crippen molar-refractivity contribution < 1.29 is 13.9 Å². The lowest BCUT2D eigenvalue weighted by molar-refractivity contribution is 0.00927. The molecule has 2 aromatic rings. The van der Waals surface area contributed by atoms with Crippen LogP contribution in [0.2, 0.25) is 0 Å². The topological polar surface area (TPSA) is 47.5 Å². The maximum Gasteiger partial charge on any atom is 0.145 e. The molecule has 126 valence electrons. The Balaban J connectivity index is 1.35. The summed E-state index contributed by atoms with van der Waals surface area (Å²) in [6, 6.07) is 5.51. The number of halogens is 1. The molecule has 0 radical (unpaired) electrons. The van der Waals surface area contributed by atoms with Gasteiger partial charge < -0.3 is 9.47 Å². The number of hydrogen-bond acceptors (Lipinski definition) is 5. The van der Waals surface area contributed by atoms with Crippen LogP contribution in [0.25, 0.3) is 0 Å². The number of aromatic nitrogens is 2. The predicted molar refractivity (Wildman–Crippen MR) is 86.0 cm³/mol. The number of rotatable bonds is 4. The van der Waals surface area contributed by atoms with Gasteiger partial charge in [-0.1, -0.05) is 0 Å². The Labute approximate surface area is 140 Å². The van der Waals surface area contributed by atoms with Gasteiger partial charge in [0.2, 0.25) is 0 Å². The number of pyridine rings is 2. The van der Waals surface area contributed by atoms with Crippen LogP contribution in [0.3, 0.4) is 0 Å². The third kappa shape index (κ3) is 3.25. The third-order valence-electron chi connectivity index (χ3n) is 4.76. The van der Waals surface area contributed by atoms with E-state index < -0.39 is 0 Å². The minimum absolute atomic E-state index is 0.0480. The van der Waals surface area contributed by atoms with E-state index in [1.807, 2.05) is 12.1 Å². The minimum atomic E-state index is -0.247. The van der Waals surface area contributed by atoms with Crippen LogP contribution in [0.1, 0.15) is 18.4 Å². The van der Waals surface area contributed by atoms with E-state index in [0.29, 0.717) is 18.7 Å². The molecule has 2 aliphatic rings. The first-order valence-corrected chi connectivity index (χ1v) is 8.24. The molecule has 2 aromatic heterocycles. The van der Waals surface area contributed by atoms with Crippen molar-refractivity contribution in [3.63, 3.8) is 0 Å². The van der Waals surface area contributed by atoms with Crippen molar-refractivity contribution in [3.05, 3.63) is 54.4 Å². The summed E-state index contributed by atoms with van der Waals surface area (Å²) in [7, 11) is 0. The molecule has 2 unspecified atom stereocenters. The smallest absolute Gasteiger partial charge is 0.145 e. The van der Waals surface area contributed by atoms with Crippen molar-refractivity contribution in [3.8, 4) is 5.75 Å². The monoisotopic (exact) mass is 329 g/mol.